The molecule has 94 valence electrons. The number of carbonyl (C=O) groups excluding carboxylic acids is 1. The Morgan fingerprint density at radius 3 is 2.05 bits per heavy atom. The fraction of sp³-hybridized carbons (Fsp3) is 0.0625. The van der Waals surface area contributed by atoms with Crippen LogP contribution in [0.1, 0.15) is 5.56 Å². The maximum atomic E-state index is 10.3. The Bertz CT molecular complexity index is 683. The molecule has 0 aromatic heterocycles. The van der Waals surface area contributed by atoms with Gasteiger partial charge in [-0.1, -0.05) is 48.5 Å². The fourth-order valence-corrected chi connectivity index (χ4v) is 2.48. The topological polar surface area (TPSA) is 41.1 Å². The second kappa shape index (κ2) is 5.08. The highest BCUT2D eigenvalue weighted by molar-refractivity contribution is 6.02. The lowest BCUT2D eigenvalue weighted by Gasteiger charge is -2.11. The van der Waals surface area contributed by atoms with E-state index in [9.17, 15) is 4.79 Å². The first-order valence-electron chi connectivity index (χ1n) is 6.21. The molecule has 3 aromatic carbocycles. The summed E-state index contributed by atoms with van der Waals surface area (Å²) in [5.74, 6) is 0. The number of carbonyl (C=O) groups is 1. The zero-order chi connectivity index (χ0) is 13.1. The van der Waals surface area contributed by atoms with Crippen LogP contribution in [0.25, 0.3) is 21.5 Å². The number of hydrazine groups is 1. The van der Waals surface area contributed by atoms with Crippen LogP contribution in [-0.4, -0.2) is 6.41 Å². The number of hydrogen-bond donors (Lipinski definition) is 2. The van der Waals surface area contributed by atoms with Gasteiger partial charge in [-0.05, 0) is 33.2 Å². The van der Waals surface area contributed by atoms with Crippen molar-refractivity contribution in [3.63, 3.8) is 0 Å². The molecule has 0 radical (unpaired) electrons. The Morgan fingerprint density at radius 2 is 1.47 bits per heavy atom. The van der Waals surface area contributed by atoms with E-state index in [1.165, 1.54) is 27.1 Å². The minimum absolute atomic E-state index is 0.598. The average molecular weight is 250 g/mol. The SMILES string of the molecule is O=CNNCc1c2ccccc2cc2ccccc12. The van der Waals surface area contributed by atoms with E-state index in [0.717, 1.165) is 0 Å². The maximum absolute atomic E-state index is 10.3. The highest BCUT2D eigenvalue weighted by atomic mass is 16.1. The molecular formula is C16H14N2O. The number of amides is 1. The van der Waals surface area contributed by atoms with Crippen LogP contribution in [0.3, 0.4) is 0 Å². The second-order valence-corrected chi connectivity index (χ2v) is 4.41. The van der Waals surface area contributed by atoms with Crippen LogP contribution in [0.5, 0.6) is 0 Å². The highest BCUT2D eigenvalue weighted by Crippen LogP contribution is 2.28. The molecule has 0 unspecified atom stereocenters. The summed E-state index contributed by atoms with van der Waals surface area (Å²) >= 11 is 0. The molecule has 3 heteroatoms. The summed E-state index contributed by atoms with van der Waals surface area (Å²) in [5.41, 5.74) is 6.61. The fourth-order valence-electron chi connectivity index (χ4n) is 2.48. The first kappa shape index (κ1) is 11.7. The predicted octanol–water partition coefficient (Wildman–Crippen LogP) is 2.74. The molecule has 19 heavy (non-hydrogen) atoms. The van der Waals surface area contributed by atoms with Crippen molar-refractivity contribution in [3.8, 4) is 0 Å². The molecular weight excluding hydrogens is 236 g/mol. The van der Waals surface area contributed by atoms with Crippen molar-refractivity contribution in [1.82, 2.24) is 10.9 Å². The van der Waals surface area contributed by atoms with Crippen molar-refractivity contribution in [3.05, 3.63) is 60.2 Å². The first-order valence-corrected chi connectivity index (χ1v) is 6.21. The molecule has 0 aliphatic carbocycles. The van der Waals surface area contributed by atoms with Crippen molar-refractivity contribution in [1.29, 1.82) is 0 Å². The smallest absolute Gasteiger partial charge is 0.221 e. The molecule has 0 saturated carbocycles. The van der Waals surface area contributed by atoms with Gasteiger partial charge < -0.3 is 0 Å². The number of benzene rings is 3. The molecule has 0 atom stereocenters. The molecule has 3 rings (SSSR count). The van der Waals surface area contributed by atoms with Crippen LogP contribution in [-0.2, 0) is 11.3 Å². The lowest BCUT2D eigenvalue weighted by Crippen LogP contribution is -2.29. The van der Waals surface area contributed by atoms with Gasteiger partial charge in [0.15, 0.2) is 0 Å². The van der Waals surface area contributed by atoms with Crippen molar-refractivity contribution in [2.75, 3.05) is 0 Å². The van der Waals surface area contributed by atoms with Crippen LogP contribution < -0.4 is 10.9 Å². The third kappa shape index (κ3) is 2.16. The summed E-state index contributed by atoms with van der Waals surface area (Å²) in [7, 11) is 0. The molecule has 0 heterocycles. The summed E-state index contributed by atoms with van der Waals surface area (Å²) in [5, 5.41) is 4.84. The average Bonchev–Trinajstić information content (AvgIpc) is 2.46. The van der Waals surface area contributed by atoms with E-state index in [-0.39, 0.29) is 0 Å². The Balaban J connectivity index is 2.23. The van der Waals surface area contributed by atoms with E-state index in [1.807, 2.05) is 24.3 Å². The van der Waals surface area contributed by atoms with Gasteiger partial charge in [-0.2, -0.15) is 0 Å². The van der Waals surface area contributed by atoms with Crippen LogP contribution in [0.2, 0.25) is 0 Å². The van der Waals surface area contributed by atoms with E-state index < -0.39 is 0 Å². The van der Waals surface area contributed by atoms with Crippen molar-refractivity contribution >= 4 is 28.0 Å². The zero-order valence-electron chi connectivity index (χ0n) is 10.4. The van der Waals surface area contributed by atoms with Crippen LogP contribution >= 0.6 is 0 Å². The molecule has 1 amide bonds. The molecule has 0 spiro atoms. The normalized spacial score (nSPS) is 10.7. The molecule has 0 saturated heterocycles. The summed E-state index contributed by atoms with van der Waals surface area (Å²) in [4.78, 5) is 10.3. The van der Waals surface area contributed by atoms with Gasteiger partial charge in [0.1, 0.15) is 0 Å². The van der Waals surface area contributed by atoms with Crippen molar-refractivity contribution in [2.45, 2.75) is 6.54 Å². The second-order valence-electron chi connectivity index (χ2n) is 4.41. The molecule has 3 aromatic rings. The Morgan fingerprint density at radius 1 is 0.895 bits per heavy atom. The number of hydrogen-bond acceptors (Lipinski definition) is 2. The van der Waals surface area contributed by atoms with Crippen molar-refractivity contribution < 1.29 is 4.79 Å². The van der Waals surface area contributed by atoms with Gasteiger partial charge in [0, 0.05) is 6.54 Å². The minimum Gasteiger partial charge on any atom is -0.294 e. The summed E-state index contributed by atoms with van der Waals surface area (Å²) < 4.78 is 0. The highest BCUT2D eigenvalue weighted by Gasteiger charge is 2.06. The summed E-state index contributed by atoms with van der Waals surface area (Å²) in [6.45, 7) is 0.598. The lowest BCUT2D eigenvalue weighted by molar-refractivity contribution is -0.110. The van der Waals surface area contributed by atoms with Crippen LogP contribution in [0.4, 0.5) is 0 Å². The third-order valence-electron chi connectivity index (χ3n) is 3.31. The summed E-state index contributed by atoms with van der Waals surface area (Å²) in [6, 6.07) is 18.8. The first-order chi connectivity index (χ1) is 9.40. The zero-order valence-corrected chi connectivity index (χ0v) is 10.4. The lowest BCUT2D eigenvalue weighted by atomic mass is 9.97. The molecule has 0 aliphatic heterocycles. The Kier molecular flexibility index (Phi) is 3.12. The van der Waals surface area contributed by atoms with Gasteiger partial charge in [-0.25, -0.2) is 5.43 Å². The number of rotatable bonds is 4. The monoisotopic (exact) mass is 250 g/mol. The predicted molar refractivity (Wildman–Crippen MR) is 77.5 cm³/mol. The minimum atomic E-state index is 0.598. The molecule has 2 N–H and O–H groups in total. The number of nitrogens with one attached hydrogen (secondary N) is 2. The Hall–Kier alpha value is -2.39. The molecule has 0 fully saturated rings. The van der Waals surface area contributed by atoms with E-state index in [0.29, 0.717) is 13.0 Å². The standard InChI is InChI=1S/C16H14N2O/c19-11-18-17-10-16-14-7-3-1-5-12(14)9-13-6-2-4-8-15(13)16/h1-9,11,17H,10H2,(H,18,19). The van der Waals surface area contributed by atoms with Gasteiger partial charge in [0.2, 0.25) is 6.41 Å². The van der Waals surface area contributed by atoms with Gasteiger partial charge in [-0.15, -0.1) is 0 Å². The molecule has 0 aliphatic rings. The van der Waals surface area contributed by atoms with Crippen molar-refractivity contribution in [2.24, 2.45) is 0 Å². The quantitative estimate of drug-likeness (QED) is 0.323. The largest absolute Gasteiger partial charge is 0.294 e. The van der Waals surface area contributed by atoms with E-state index in [4.69, 9.17) is 0 Å². The van der Waals surface area contributed by atoms with Gasteiger partial charge in [-0.3, -0.25) is 10.2 Å². The van der Waals surface area contributed by atoms with Gasteiger partial charge in [0.05, 0.1) is 0 Å². The van der Waals surface area contributed by atoms with E-state index in [1.54, 1.807) is 0 Å². The third-order valence-corrected chi connectivity index (χ3v) is 3.31. The summed E-state index contributed by atoms with van der Waals surface area (Å²) in [6.07, 6.45) is 0.646. The van der Waals surface area contributed by atoms with Crippen LogP contribution in [0, 0.1) is 0 Å². The van der Waals surface area contributed by atoms with E-state index in [2.05, 4.69) is 41.2 Å². The van der Waals surface area contributed by atoms with Gasteiger partial charge >= 0.3 is 0 Å². The molecule has 0 bridgehead atoms. The number of fused-ring (bicyclic) bond motifs is 2. The van der Waals surface area contributed by atoms with Crippen LogP contribution in [0.15, 0.2) is 54.6 Å². The Labute approximate surface area is 111 Å². The van der Waals surface area contributed by atoms with Gasteiger partial charge in [0.25, 0.3) is 0 Å². The van der Waals surface area contributed by atoms with E-state index >= 15 is 0 Å². The maximum Gasteiger partial charge on any atom is 0.221 e. The molecule has 3 nitrogen and oxygen atoms in total.